The molecule has 2 unspecified atom stereocenters. The Morgan fingerprint density at radius 3 is 3.00 bits per heavy atom. The average molecular weight is 256 g/mol. The van der Waals surface area contributed by atoms with Crippen LogP contribution in [0.15, 0.2) is 0 Å². The highest BCUT2D eigenvalue weighted by molar-refractivity contribution is 7.99. The van der Waals surface area contributed by atoms with Gasteiger partial charge in [0.15, 0.2) is 0 Å². The Labute approximate surface area is 108 Å². The van der Waals surface area contributed by atoms with Crippen LogP contribution in [0.2, 0.25) is 0 Å². The van der Waals surface area contributed by atoms with Crippen LogP contribution in [0.5, 0.6) is 0 Å². The maximum absolute atomic E-state index is 12.2. The molecule has 2 heterocycles. The number of carbonyl (C=O) groups is 1. The molecule has 2 fully saturated rings. The molecule has 4 heteroatoms. The topological polar surface area (TPSA) is 41.1 Å². The molecule has 1 amide bonds. The summed E-state index contributed by atoms with van der Waals surface area (Å²) in [7, 11) is 0. The van der Waals surface area contributed by atoms with Gasteiger partial charge in [-0.05, 0) is 48.6 Å². The van der Waals surface area contributed by atoms with Gasteiger partial charge in [-0.3, -0.25) is 4.79 Å². The van der Waals surface area contributed by atoms with Crippen molar-refractivity contribution in [2.45, 2.75) is 39.2 Å². The van der Waals surface area contributed by atoms with E-state index < -0.39 is 0 Å². The van der Waals surface area contributed by atoms with Crippen molar-refractivity contribution in [1.82, 2.24) is 10.6 Å². The monoisotopic (exact) mass is 256 g/mol. The summed E-state index contributed by atoms with van der Waals surface area (Å²) in [5.74, 6) is 3.36. The standard InChI is InChI=1S/C13H24N2OS/c1-13(2)5-3-6-14-11(13)12(16)15-8-10-4-7-17-9-10/h10-11,14H,3-9H2,1-2H3,(H,15,16). The number of hydrogen-bond acceptors (Lipinski definition) is 3. The number of carbonyl (C=O) groups excluding carboxylic acids is 1. The molecular weight excluding hydrogens is 232 g/mol. The minimum absolute atomic E-state index is 0.00898. The number of rotatable bonds is 3. The second-order valence-corrected chi connectivity index (χ2v) is 7.10. The van der Waals surface area contributed by atoms with Crippen LogP contribution in [-0.2, 0) is 4.79 Å². The van der Waals surface area contributed by atoms with Crippen LogP contribution in [0, 0.1) is 11.3 Å². The van der Waals surface area contributed by atoms with Crippen LogP contribution in [0.1, 0.15) is 33.1 Å². The first-order chi connectivity index (χ1) is 8.09. The fraction of sp³-hybridized carbons (Fsp3) is 0.923. The highest BCUT2D eigenvalue weighted by Gasteiger charge is 2.37. The lowest BCUT2D eigenvalue weighted by Gasteiger charge is -2.38. The molecule has 2 atom stereocenters. The van der Waals surface area contributed by atoms with Gasteiger partial charge in [0.2, 0.25) is 5.91 Å². The van der Waals surface area contributed by atoms with E-state index in [1.54, 1.807) is 0 Å². The van der Waals surface area contributed by atoms with Crippen molar-refractivity contribution in [3.8, 4) is 0 Å². The van der Waals surface area contributed by atoms with E-state index in [1.807, 2.05) is 11.8 Å². The minimum atomic E-state index is -0.00898. The van der Waals surface area contributed by atoms with Gasteiger partial charge in [-0.1, -0.05) is 13.8 Å². The number of hydrogen-bond donors (Lipinski definition) is 2. The molecule has 2 N–H and O–H groups in total. The summed E-state index contributed by atoms with van der Waals surface area (Å²) < 4.78 is 0. The molecule has 0 bridgehead atoms. The first-order valence-electron chi connectivity index (χ1n) is 6.68. The Hall–Kier alpha value is -0.220. The lowest BCUT2D eigenvalue weighted by molar-refractivity contribution is -0.126. The lowest BCUT2D eigenvalue weighted by atomic mass is 9.77. The molecule has 0 saturated carbocycles. The molecule has 0 aromatic heterocycles. The van der Waals surface area contributed by atoms with Crippen LogP contribution < -0.4 is 10.6 Å². The highest BCUT2D eigenvalue weighted by Crippen LogP contribution is 2.30. The number of amides is 1. The van der Waals surface area contributed by atoms with E-state index in [1.165, 1.54) is 24.3 Å². The molecule has 2 aliphatic rings. The number of thioether (sulfide) groups is 1. The fourth-order valence-electron chi connectivity index (χ4n) is 2.75. The molecule has 0 aromatic rings. The summed E-state index contributed by atoms with van der Waals surface area (Å²) in [5.41, 5.74) is 0.0900. The van der Waals surface area contributed by atoms with E-state index in [2.05, 4.69) is 24.5 Å². The first-order valence-corrected chi connectivity index (χ1v) is 7.84. The number of nitrogens with one attached hydrogen (secondary N) is 2. The Kier molecular flexibility index (Phi) is 4.36. The summed E-state index contributed by atoms with van der Waals surface area (Å²) in [4.78, 5) is 12.2. The Bertz CT molecular complexity index is 275. The van der Waals surface area contributed by atoms with Crippen molar-refractivity contribution in [3.05, 3.63) is 0 Å². The third kappa shape index (κ3) is 3.38. The van der Waals surface area contributed by atoms with Gasteiger partial charge in [0.1, 0.15) is 0 Å². The molecule has 17 heavy (non-hydrogen) atoms. The van der Waals surface area contributed by atoms with Crippen molar-refractivity contribution in [3.63, 3.8) is 0 Å². The predicted molar refractivity (Wildman–Crippen MR) is 73.2 cm³/mol. The second-order valence-electron chi connectivity index (χ2n) is 5.95. The molecule has 0 aromatic carbocycles. The molecule has 3 nitrogen and oxygen atoms in total. The van der Waals surface area contributed by atoms with E-state index in [0.29, 0.717) is 5.92 Å². The van der Waals surface area contributed by atoms with E-state index in [9.17, 15) is 4.79 Å². The van der Waals surface area contributed by atoms with Gasteiger partial charge in [0, 0.05) is 6.54 Å². The second kappa shape index (κ2) is 5.61. The van der Waals surface area contributed by atoms with Gasteiger partial charge >= 0.3 is 0 Å². The third-order valence-electron chi connectivity index (χ3n) is 3.98. The summed E-state index contributed by atoms with van der Waals surface area (Å²) >= 11 is 2.00. The van der Waals surface area contributed by atoms with E-state index in [-0.39, 0.29) is 17.4 Å². The van der Waals surface area contributed by atoms with Gasteiger partial charge < -0.3 is 10.6 Å². The highest BCUT2D eigenvalue weighted by atomic mass is 32.2. The Morgan fingerprint density at radius 2 is 2.35 bits per heavy atom. The van der Waals surface area contributed by atoms with E-state index in [4.69, 9.17) is 0 Å². The fourth-order valence-corrected chi connectivity index (χ4v) is 4.03. The van der Waals surface area contributed by atoms with Crippen LogP contribution in [-0.4, -0.2) is 36.5 Å². The molecule has 0 radical (unpaired) electrons. The summed E-state index contributed by atoms with van der Waals surface area (Å²) in [6.45, 7) is 6.21. The van der Waals surface area contributed by atoms with Crippen LogP contribution in [0.25, 0.3) is 0 Å². The van der Waals surface area contributed by atoms with Crippen LogP contribution in [0.4, 0.5) is 0 Å². The smallest absolute Gasteiger partial charge is 0.237 e. The van der Waals surface area contributed by atoms with E-state index >= 15 is 0 Å². The zero-order valence-corrected chi connectivity index (χ0v) is 11.7. The van der Waals surface area contributed by atoms with Gasteiger partial charge in [0.25, 0.3) is 0 Å². The van der Waals surface area contributed by atoms with Crippen molar-refractivity contribution < 1.29 is 4.79 Å². The van der Waals surface area contributed by atoms with Gasteiger partial charge in [0.05, 0.1) is 6.04 Å². The third-order valence-corrected chi connectivity index (χ3v) is 5.21. The summed E-state index contributed by atoms with van der Waals surface area (Å²) in [5, 5.41) is 6.50. The molecule has 2 rings (SSSR count). The zero-order valence-electron chi connectivity index (χ0n) is 10.9. The maximum Gasteiger partial charge on any atom is 0.237 e. The summed E-state index contributed by atoms with van der Waals surface area (Å²) in [6, 6.07) is -0.00898. The van der Waals surface area contributed by atoms with Crippen LogP contribution >= 0.6 is 11.8 Å². The SMILES string of the molecule is CC1(C)CCCNC1C(=O)NCC1CCSC1. The summed E-state index contributed by atoms with van der Waals surface area (Å²) in [6.07, 6.45) is 3.57. The maximum atomic E-state index is 12.2. The predicted octanol–water partition coefficient (Wildman–Crippen LogP) is 1.63. The molecular formula is C13H24N2OS. The Morgan fingerprint density at radius 1 is 1.53 bits per heavy atom. The van der Waals surface area contributed by atoms with Gasteiger partial charge in [-0.2, -0.15) is 11.8 Å². The molecule has 2 saturated heterocycles. The minimum Gasteiger partial charge on any atom is -0.354 e. The first kappa shape index (κ1) is 13.2. The van der Waals surface area contributed by atoms with Crippen molar-refractivity contribution >= 4 is 17.7 Å². The molecule has 98 valence electrons. The molecule has 2 aliphatic heterocycles. The van der Waals surface area contributed by atoms with Crippen molar-refractivity contribution in [2.24, 2.45) is 11.3 Å². The van der Waals surface area contributed by atoms with Crippen molar-refractivity contribution in [1.29, 1.82) is 0 Å². The molecule has 0 aliphatic carbocycles. The van der Waals surface area contributed by atoms with Crippen molar-refractivity contribution in [2.75, 3.05) is 24.6 Å². The normalized spacial score (nSPS) is 32.4. The largest absolute Gasteiger partial charge is 0.354 e. The van der Waals surface area contributed by atoms with Gasteiger partial charge in [-0.25, -0.2) is 0 Å². The Balaban J connectivity index is 1.81. The number of piperidine rings is 1. The lowest BCUT2D eigenvalue weighted by Crippen LogP contribution is -2.56. The quantitative estimate of drug-likeness (QED) is 0.806. The average Bonchev–Trinajstić information content (AvgIpc) is 2.78. The van der Waals surface area contributed by atoms with Crippen LogP contribution in [0.3, 0.4) is 0 Å². The van der Waals surface area contributed by atoms with E-state index in [0.717, 1.165) is 19.5 Å². The van der Waals surface area contributed by atoms with Gasteiger partial charge in [-0.15, -0.1) is 0 Å². The molecule has 0 spiro atoms. The zero-order chi connectivity index (χ0) is 12.3.